The molecule has 29 heavy (non-hydrogen) atoms. The van der Waals surface area contributed by atoms with Crippen LogP contribution in [0.5, 0.6) is 5.75 Å². The fourth-order valence-electron chi connectivity index (χ4n) is 2.64. The van der Waals surface area contributed by atoms with Gasteiger partial charge in [0.1, 0.15) is 12.4 Å². The highest BCUT2D eigenvalue weighted by atomic mass is 32.1. The molecule has 0 saturated carbocycles. The van der Waals surface area contributed by atoms with Crippen molar-refractivity contribution in [1.82, 2.24) is 15.6 Å². The van der Waals surface area contributed by atoms with Crippen molar-refractivity contribution in [2.45, 2.75) is 6.61 Å². The van der Waals surface area contributed by atoms with Crippen LogP contribution in [0.15, 0.2) is 83.3 Å². The van der Waals surface area contributed by atoms with Gasteiger partial charge >= 0.3 is 0 Å². The van der Waals surface area contributed by atoms with Gasteiger partial charge in [0.05, 0.1) is 16.8 Å². The van der Waals surface area contributed by atoms with Crippen LogP contribution in [0.3, 0.4) is 0 Å². The number of hydrazone groups is 1. The lowest BCUT2D eigenvalue weighted by molar-refractivity contribution is 0.0950. The number of ether oxygens (including phenoxy) is 1. The molecule has 2 aromatic heterocycles. The molecule has 0 unspecified atom stereocenters. The van der Waals surface area contributed by atoms with E-state index in [2.05, 4.69) is 20.7 Å². The lowest BCUT2D eigenvalue weighted by Crippen LogP contribution is -2.18. The molecular weight excluding hydrogens is 384 g/mol. The Kier molecular flexibility index (Phi) is 5.78. The Labute approximate surface area is 171 Å². The van der Waals surface area contributed by atoms with Crippen molar-refractivity contribution in [3.8, 4) is 16.3 Å². The summed E-state index contributed by atoms with van der Waals surface area (Å²) in [6.45, 7) is 0.490. The van der Waals surface area contributed by atoms with E-state index in [0.29, 0.717) is 6.61 Å². The highest BCUT2D eigenvalue weighted by Crippen LogP contribution is 2.22. The Morgan fingerprint density at radius 2 is 2.00 bits per heavy atom. The van der Waals surface area contributed by atoms with Gasteiger partial charge in [-0.25, -0.2) is 5.43 Å². The van der Waals surface area contributed by atoms with Gasteiger partial charge in [-0.1, -0.05) is 48.5 Å². The van der Waals surface area contributed by atoms with E-state index in [1.54, 1.807) is 23.6 Å². The van der Waals surface area contributed by atoms with E-state index in [-0.39, 0.29) is 11.6 Å². The molecule has 0 aliphatic heterocycles. The first kappa shape index (κ1) is 18.6. The first-order valence-electron chi connectivity index (χ1n) is 8.97. The summed E-state index contributed by atoms with van der Waals surface area (Å²) >= 11 is 1.58. The molecule has 0 fully saturated rings. The Hall–Kier alpha value is -3.71. The fraction of sp³-hybridized carbons (Fsp3) is 0.0455. The minimum atomic E-state index is -0.378. The first-order valence-corrected chi connectivity index (χ1v) is 9.85. The monoisotopic (exact) mass is 402 g/mol. The number of nitrogens with one attached hydrogen (secondary N) is 2. The molecule has 7 heteroatoms. The van der Waals surface area contributed by atoms with Gasteiger partial charge in [0.2, 0.25) is 0 Å². The molecule has 0 saturated heterocycles. The molecule has 0 spiro atoms. The third-order valence-corrected chi connectivity index (χ3v) is 4.99. The van der Waals surface area contributed by atoms with Crippen molar-refractivity contribution in [2.24, 2.45) is 5.10 Å². The zero-order valence-corrected chi connectivity index (χ0v) is 16.2. The molecule has 0 bridgehead atoms. The minimum absolute atomic E-state index is 0.283. The van der Waals surface area contributed by atoms with Crippen molar-refractivity contribution in [3.05, 3.63) is 95.0 Å². The van der Waals surface area contributed by atoms with Crippen LogP contribution in [-0.2, 0) is 6.61 Å². The van der Waals surface area contributed by atoms with E-state index in [9.17, 15) is 4.79 Å². The standard InChI is InChI=1S/C22H18N4O2S/c27-22(20-13-19(24-25-20)21-10-5-11-29-21)26-23-14-17-8-4-9-18(12-17)28-15-16-6-2-1-3-7-16/h1-14H,15H2,(H,24,25)(H,26,27)/b23-14+. The Morgan fingerprint density at radius 1 is 1.10 bits per heavy atom. The topological polar surface area (TPSA) is 79.4 Å². The summed E-state index contributed by atoms with van der Waals surface area (Å²) in [5.74, 6) is 0.355. The largest absolute Gasteiger partial charge is 0.489 e. The maximum Gasteiger partial charge on any atom is 0.291 e. The van der Waals surface area contributed by atoms with Crippen LogP contribution in [0.1, 0.15) is 21.6 Å². The number of carbonyl (C=O) groups excluding carboxylic acids is 1. The number of amides is 1. The van der Waals surface area contributed by atoms with Crippen LogP contribution in [-0.4, -0.2) is 22.3 Å². The van der Waals surface area contributed by atoms with E-state index < -0.39 is 0 Å². The summed E-state index contributed by atoms with van der Waals surface area (Å²) in [4.78, 5) is 13.2. The van der Waals surface area contributed by atoms with E-state index in [1.807, 2.05) is 72.1 Å². The highest BCUT2D eigenvalue weighted by Gasteiger charge is 2.11. The van der Waals surface area contributed by atoms with Crippen molar-refractivity contribution >= 4 is 23.5 Å². The summed E-state index contributed by atoms with van der Waals surface area (Å²) < 4.78 is 5.81. The summed E-state index contributed by atoms with van der Waals surface area (Å²) in [5.41, 5.74) is 5.49. The third kappa shape index (κ3) is 4.97. The number of rotatable bonds is 7. The quantitative estimate of drug-likeness (QED) is 0.353. The Balaban J connectivity index is 1.34. The maximum absolute atomic E-state index is 12.2. The molecule has 0 aliphatic rings. The van der Waals surface area contributed by atoms with Crippen molar-refractivity contribution in [1.29, 1.82) is 0 Å². The second-order valence-electron chi connectivity index (χ2n) is 6.19. The van der Waals surface area contributed by atoms with Gasteiger partial charge in [-0.15, -0.1) is 11.3 Å². The van der Waals surface area contributed by atoms with Crippen LogP contribution in [0.2, 0.25) is 0 Å². The molecule has 6 nitrogen and oxygen atoms in total. The third-order valence-electron chi connectivity index (χ3n) is 4.08. The minimum Gasteiger partial charge on any atom is -0.489 e. The summed E-state index contributed by atoms with van der Waals surface area (Å²) in [6, 6.07) is 23.1. The molecule has 0 atom stereocenters. The number of hydrogen-bond acceptors (Lipinski definition) is 5. The van der Waals surface area contributed by atoms with Crippen LogP contribution < -0.4 is 10.2 Å². The average Bonchev–Trinajstić information content (AvgIpc) is 3.45. The van der Waals surface area contributed by atoms with Gasteiger partial charge in [0, 0.05) is 0 Å². The van der Waals surface area contributed by atoms with E-state index in [4.69, 9.17) is 4.74 Å². The Bertz CT molecular complexity index is 1100. The lowest BCUT2D eigenvalue weighted by atomic mass is 10.2. The summed E-state index contributed by atoms with van der Waals surface area (Å²) in [6.07, 6.45) is 1.57. The number of benzene rings is 2. The normalized spacial score (nSPS) is 10.9. The van der Waals surface area contributed by atoms with Crippen molar-refractivity contribution in [2.75, 3.05) is 0 Å². The van der Waals surface area contributed by atoms with E-state index >= 15 is 0 Å². The second-order valence-corrected chi connectivity index (χ2v) is 7.14. The first-order chi connectivity index (χ1) is 14.3. The van der Waals surface area contributed by atoms with Gasteiger partial charge in [-0.05, 0) is 40.8 Å². The van der Waals surface area contributed by atoms with Gasteiger partial charge in [0.15, 0.2) is 5.69 Å². The average molecular weight is 402 g/mol. The zero-order chi connectivity index (χ0) is 19.9. The van der Waals surface area contributed by atoms with Crippen LogP contribution in [0.25, 0.3) is 10.6 Å². The molecule has 4 aromatic rings. The SMILES string of the molecule is O=C(N/N=C/c1cccc(OCc2ccccc2)c1)c1cc(-c2cccs2)[nH]n1. The molecule has 144 valence electrons. The number of H-pyrrole nitrogens is 1. The summed E-state index contributed by atoms with van der Waals surface area (Å²) in [7, 11) is 0. The number of nitrogens with zero attached hydrogens (tertiary/aromatic N) is 2. The molecular formula is C22H18N4O2S. The molecule has 2 N–H and O–H groups in total. The smallest absolute Gasteiger partial charge is 0.291 e. The molecule has 2 aromatic carbocycles. The second kappa shape index (κ2) is 8.99. The number of carbonyl (C=O) groups is 1. The molecule has 4 rings (SSSR count). The van der Waals surface area contributed by atoms with Crippen LogP contribution in [0, 0.1) is 0 Å². The molecule has 1 amide bonds. The van der Waals surface area contributed by atoms with Crippen molar-refractivity contribution < 1.29 is 9.53 Å². The predicted molar refractivity (Wildman–Crippen MR) is 114 cm³/mol. The van der Waals surface area contributed by atoms with Gasteiger partial charge in [0.25, 0.3) is 5.91 Å². The number of hydrogen-bond donors (Lipinski definition) is 2. The zero-order valence-electron chi connectivity index (χ0n) is 15.4. The molecule has 2 heterocycles. The number of aromatic nitrogens is 2. The van der Waals surface area contributed by atoms with Crippen LogP contribution >= 0.6 is 11.3 Å². The molecule has 0 radical (unpaired) electrons. The van der Waals surface area contributed by atoms with E-state index in [1.165, 1.54) is 0 Å². The lowest BCUT2D eigenvalue weighted by Gasteiger charge is -2.06. The van der Waals surface area contributed by atoms with Gasteiger partial charge in [-0.2, -0.15) is 10.2 Å². The van der Waals surface area contributed by atoms with E-state index in [0.717, 1.165) is 27.4 Å². The Morgan fingerprint density at radius 3 is 2.83 bits per heavy atom. The number of thiophene rings is 1. The maximum atomic E-state index is 12.2. The molecule has 0 aliphatic carbocycles. The number of aromatic amines is 1. The predicted octanol–water partition coefficient (Wildman–Crippen LogP) is 4.48. The van der Waals surface area contributed by atoms with Gasteiger partial charge in [-0.3, -0.25) is 9.89 Å². The fourth-order valence-corrected chi connectivity index (χ4v) is 3.34. The highest BCUT2D eigenvalue weighted by molar-refractivity contribution is 7.13. The summed E-state index contributed by atoms with van der Waals surface area (Å²) in [5, 5.41) is 12.9. The van der Waals surface area contributed by atoms with Gasteiger partial charge < -0.3 is 4.74 Å². The van der Waals surface area contributed by atoms with Crippen LogP contribution in [0.4, 0.5) is 0 Å². The van der Waals surface area contributed by atoms with Crippen molar-refractivity contribution in [3.63, 3.8) is 0 Å².